The molecule has 5 heterocycles. The van der Waals surface area contributed by atoms with Gasteiger partial charge in [0.15, 0.2) is 5.78 Å². The quantitative estimate of drug-likeness (QED) is 0.821. The van der Waals surface area contributed by atoms with Crippen molar-refractivity contribution in [3.05, 3.63) is 24.2 Å². The maximum atomic E-state index is 13.4. The van der Waals surface area contributed by atoms with Gasteiger partial charge in [-0.1, -0.05) is 27.7 Å². The number of Topliss-reactive ketones (excluding diaryl/α,β-unsaturated/α-hetero) is 1. The van der Waals surface area contributed by atoms with Crippen molar-refractivity contribution in [1.82, 2.24) is 0 Å². The van der Waals surface area contributed by atoms with Crippen molar-refractivity contribution < 1.29 is 19.0 Å². The van der Waals surface area contributed by atoms with Gasteiger partial charge in [-0.15, -0.1) is 0 Å². The van der Waals surface area contributed by atoms with Gasteiger partial charge < -0.3 is 4.42 Å². The Bertz CT molecular complexity index is 544. The minimum absolute atomic E-state index is 0.130. The molecule has 4 saturated heterocycles. The third-order valence-electron chi connectivity index (χ3n) is 6.93. The van der Waals surface area contributed by atoms with E-state index in [1.165, 1.54) is 0 Å². The number of hydrogen-bond acceptors (Lipinski definition) is 2. The van der Waals surface area contributed by atoms with Gasteiger partial charge in [-0.3, -0.25) is 14.6 Å². The maximum Gasteiger partial charge on any atom is 0.273 e. The molecule has 0 saturated carbocycles. The molecule has 120 valence electrons. The van der Waals surface area contributed by atoms with Crippen LogP contribution in [0, 0.1) is 22.7 Å². The first-order valence-electron chi connectivity index (χ1n) is 8.68. The lowest BCUT2D eigenvalue weighted by molar-refractivity contribution is -1.18. The van der Waals surface area contributed by atoms with Gasteiger partial charge in [0.25, 0.3) is 6.17 Å². The summed E-state index contributed by atoms with van der Waals surface area (Å²) in [5, 5.41) is 0. The zero-order chi connectivity index (χ0) is 15.7. The molecule has 0 unspecified atom stereocenters. The SMILES string of the molecule is CC(C)C12C[NH+]3CC(C(C)C)(C[NH+](C1)C3c1ccco1)C2=O. The Balaban J connectivity index is 1.80. The molecule has 22 heavy (non-hydrogen) atoms. The molecular formula is C18H28N2O2+2. The number of nitrogens with one attached hydrogen (secondary N) is 2. The fourth-order valence-corrected chi connectivity index (χ4v) is 5.58. The molecule has 5 rings (SSSR count). The summed E-state index contributed by atoms with van der Waals surface area (Å²) in [4.78, 5) is 16.6. The second kappa shape index (κ2) is 4.45. The topological polar surface area (TPSA) is 39.1 Å². The molecule has 0 radical (unpaired) electrons. The Labute approximate surface area is 132 Å². The molecule has 4 bridgehead atoms. The second-order valence-electron chi connectivity index (χ2n) is 8.42. The van der Waals surface area contributed by atoms with Crippen LogP contribution in [0.1, 0.15) is 39.6 Å². The summed E-state index contributed by atoms with van der Waals surface area (Å²) < 4.78 is 5.75. The molecule has 0 spiro atoms. The summed E-state index contributed by atoms with van der Waals surface area (Å²) in [5.74, 6) is 2.49. The highest BCUT2D eigenvalue weighted by molar-refractivity contribution is 5.92. The molecular weight excluding hydrogens is 276 g/mol. The number of furan rings is 1. The van der Waals surface area contributed by atoms with E-state index in [9.17, 15) is 4.79 Å². The Kier molecular flexibility index (Phi) is 2.93. The molecule has 1 aromatic rings. The highest BCUT2D eigenvalue weighted by Gasteiger charge is 2.73. The van der Waals surface area contributed by atoms with Crippen LogP contribution in [0.3, 0.4) is 0 Å². The Hall–Kier alpha value is -1.13. The molecule has 4 fully saturated rings. The van der Waals surface area contributed by atoms with Crippen LogP contribution in [-0.4, -0.2) is 32.0 Å². The molecule has 2 N–H and O–H groups in total. The van der Waals surface area contributed by atoms with Crippen LogP contribution in [-0.2, 0) is 4.79 Å². The van der Waals surface area contributed by atoms with Crippen molar-refractivity contribution >= 4 is 5.78 Å². The normalized spacial score (nSPS) is 43.5. The Morgan fingerprint density at radius 3 is 1.91 bits per heavy atom. The van der Waals surface area contributed by atoms with Gasteiger partial charge in [-0.05, 0) is 24.0 Å². The average molecular weight is 304 g/mol. The summed E-state index contributed by atoms with van der Waals surface area (Å²) in [6.07, 6.45) is 2.16. The van der Waals surface area contributed by atoms with Crippen molar-refractivity contribution in [2.75, 3.05) is 26.2 Å². The van der Waals surface area contributed by atoms with E-state index >= 15 is 0 Å². The maximum absolute atomic E-state index is 13.4. The van der Waals surface area contributed by atoms with Crippen LogP contribution in [0.15, 0.2) is 22.8 Å². The van der Waals surface area contributed by atoms with E-state index in [0.29, 0.717) is 23.8 Å². The highest BCUT2D eigenvalue weighted by Crippen LogP contribution is 2.44. The van der Waals surface area contributed by atoms with Crippen LogP contribution in [0.2, 0.25) is 0 Å². The van der Waals surface area contributed by atoms with E-state index in [2.05, 4.69) is 33.8 Å². The minimum Gasteiger partial charge on any atom is -0.457 e. The summed E-state index contributed by atoms with van der Waals surface area (Å²) >= 11 is 0. The number of carbonyl (C=O) groups is 1. The van der Waals surface area contributed by atoms with E-state index in [0.717, 1.165) is 31.9 Å². The number of carbonyl (C=O) groups excluding carboxylic acids is 1. The predicted molar refractivity (Wildman–Crippen MR) is 82.4 cm³/mol. The first-order valence-corrected chi connectivity index (χ1v) is 8.68. The van der Waals surface area contributed by atoms with Crippen LogP contribution >= 0.6 is 0 Å². The van der Waals surface area contributed by atoms with Crippen LogP contribution in [0.25, 0.3) is 0 Å². The second-order valence-corrected chi connectivity index (χ2v) is 8.42. The molecule has 0 amide bonds. The van der Waals surface area contributed by atoms with Crippen LogP contribution < -0.4 is 9.80 Å². The first kappa shape index (κ1) is 14.5. The average Bonchev–Trinajstić information content (AvgIpc) is 2.96. The molecule has 4 nitrogen and oxygen atoms in total. The number of ketones is 1. The van der Waals surface area contributed by atoms with E-state index in [1.807, 2.05) is 6.07 Å². The van der Waals surface area contributed by atoms with Crippen molar-refractivity contribution in [3.8, 4) is 0 Å². The van der Waals surface area contributed by atoms with Crippen LogP contribution in [0.5, 0.6) is 0 Å². The van der Waals surface area contributed by atoms with Gasteiger partial charge in [0.2, 0.25) is 5.76 Å². The van der Waals surface area contributed by atoms with Gasteiger partial charge in [-0.2, -0.15) is 0 Å². The molecule has 0 aromatic carbocycles. The zero-order valence-corrected chi connectivity index (χ0v) is 14.1. The lowest BCUT2D eigenvalue weighted by Crippen LogP contribution is -3.41. The molecule has 1 aromatic heterocycles. The summed E-state index contributed by atoms with van der Waals surface area (Å²) in [6.45, 7) is 12.9. The Morgan fingerprint density at radius 2 is 1.55 bits per heavy atom. The van der Waals surface area contributed by atoms with E-state index in [1.54, 1.807) is 16.1 Å². The smallest absolute Gasteiger partial charge is 0.273 e. The third-order valence-corrected chi connectivity index (χ3v) is 6.93. The van der Waals surface area contributed by atoms with Gasteiger partial charge >= 0.3 is 0 Å². The molecule has 4 aliphatic rings. The number of hydrogen-bond donors (Lipinski definition) is 2. The van der Waals surface area contributed by atoms with E-state index in [4.69, 9.17) is 4.42 Å². The lowest BCUT2D eigenvalue weighted by Gasteiger charge is -2.62. The van der Waals surface area contributed by atoms with E-state index < -0.39 is 0 Å². The zero-order valence-electron chi connectivity index (χ0n) is 14.1. The number of rotatable bonds is 3. The van der Waals surface area contributed by atoms with Crippen molar-refractivity contribution in [3.63, 3.8) is 0 Å². The predicted octanol–water partition coefficient (Wildman–Crippen LogP) is -0.0573. The fraction of sp³-hybridized carbons (Fsp3) is 0.722. The minimum atomic E-state index is -0.130. The molecule has 0 atom stereocenters. The first-order chi connectivity index (χ1) is 10.4. The van der Waals surface area contributed by atoms with Gasteiger partial charge in [-0.25, -0.2) is 0 Å². The monoisotopic (exact) mass is 304 g/mol. The van der Waals surface area contributed by atoms with Crippen LogP contribution in [0.4, 0.5) is 0 Å². The van der Waals surface area contributed by atoms with Gasteiger partial charge in [0.1, 0.15) is 37.0 Å². The standard InChI is InChI=1S/C18H26N2O2/c1-12(2)17-8-19-10-18(13(3)4,16(17)21)11-20(9-17)15(19)14-6-5-7-22-14/h5-7,12-13,15H,8-11H2,1-4H3/p+2. The molecule has 4 aliphatic heterocycles. The van der Waals surface area contributed by atoms with Gasteiger partial charge in [0, 0.05) is 0 Å². The summed E-state index contributed by atoms with van der Waals surface area (Å²) in [5.41, 5.74) is -0.261. The highest BCUT2D eigenvalue weighted by atomic mass is 16.3. The molecule has 4 heteroatoms. The third kappa shape index (κ3) is 1.57. The number of piperidine rings is 2. The number of quaternary nitrogens is 2. The molecule has 0 aliphatic carbocycles. The Morgan fingerprint density at radius 1 is 1.05 bits per heavy atom. The fourth-order valence-electron chi connectivity index (χ4n) is 5.58. The van der Waals surface area contributed by atoms with Crippen molar-refractivity contribution in [1.29, 1.82) is 0 Å². The van der Waals surface area contributed by atoms with Crippen molar-refractivity contribution in [2.24, 2.45) is 22.7 Å². The summed E-state index contributed by atoms with van der Waals surface area (Å²) in [6, 6.07) is 4.10. The largest absolute Gasteiger partial charge is 0.457 e. The van der Waals surface area contributed by atoms with Gasteiger partial charge in [0.05, 0.1) is 6.26 Å². The lowest BCUT2D eigenvalue weighted by atomic mass is 9.53. The van der Waals surface area contributed by atoms with E-state index in [-0.39, 0.29) is 10.8 Å². The summed E-state index contributed by atoms with van der Waals surface area (Å²) in [7, 11) is 0. The van der Waals surface area contributed by atoms with Crippen molar-refractivity contribution in [2.45, 2.75) is 33.9 Å².